The van der Waals surface area contributed by atoms with Crippen LogP contribution in [0.2, 0.25) is 0 Å². The molecule has 0 bridgehead atoms. The zero-order valence-electron chi connectivity index (χ0n) is 19.7. The van der Waals surface area contributed by atoms with Crippen LogP contribution >= 0.6 is 0 Å². The number of carbonyl (C=O) groups excluding carboxylic acids is 2. The number of nitrogens with zero attached hydrogens (tertiary/aromatic N) is 2. The first-order chi connectivity index (χ1) is 15.4. The molecule has 174 valence electrons. The summed E-state index contributed by atoms with van der Waals surface area (Å²) in [4.78, 5) is 33.9. The lowest BCUT2D eigenvalue weighted by atomic mass is 9.99. The molecule has 1 aliphatic rings. The van der Waals surface area contributed by atoms with Gasteiger partial charge in [0.2, 0.25) is 0 Å². The zero-order valence-corrected chi connectivity index (χ0v) is 19.7. The van der Waals surface area contributed by atoms with Crippen molar-refractivity contribution in [3.8, 4) is 0 Å². The minimum absolute atomic E-state index is 0.149. The van der Waals surface area contributed by atoms with Gasteiger partial charge in [0.15, 0.2) is 5.96 Å². The van der Waals surface area contributed by atoms with E-state index in [0.29, 0.717) is 25.9 Å². The first kappa shape index (κ1) is 23.6. The van der Waals surface area contributed by atoms with Gasteiger partial charge in [0.05, 0.1) is 0 Å². The fraction of sp³-hybridized carbons (Fsp3) is 0.542. The van der Waals surface area contributed by atoms with Crippen LogP contribution in [0.1, 0.15) is 51.7 Å². The molecule has 4 N–H and O–H groups in total. The van der Waals surface area contributed by atoms with E-state index in [1.165, 1.54) is 26.9 Å². The number of urea groups is 1. The summed E-state index contributed by atoms with van der Waals surface area (Å²) in [6, 6.07) is 6.14. The summed E-state index contributed by atoms with van der Waals surface area (Å²) >= 11 is 0. The van der Waals surface area contributed by atoms with Gasteiger partial charge in [0, 0.05) is 43.3 Å². The number of aromatic amines is 1. The lowest BCUT2D eigenvalue weighted by molar-refractivity contribution is -0.130. The van der Waals surface area contributed by atoms with Crippen molar-refractivity contribution in [1.82, 2.24) is 25.8 Å². The highest BCUT2D eigenvalue weighted by Crippen LogP contribution is 2.22. The van der Waals surface area contributed by atoms with Crippen LogP contribution in [0.3, 0.4) is 0 Å². The fourth-order valence-corrected chi connectivity index (χ4v) is 4.04. The van der Waals surface area contributed by atoms with E-state index in [1.54, 1.807) is 6.92 Å². The number of para-hydroxylation sites is 1. The molecule has 3 rings (SSSR count). The Morgan fingerprint density at radius 2 is 1.97 bits per heavy atom. The van der Waals surface area contributed by atoms with E-state index < -0.39 is 5.54 Å². The Kier molecular flexibility index (Phi) is 7.77. The smallest absolute Gasteiger partial charge is 0.325 e. The molecule has 1 aliphatic heterocycles. The molecule has 1 aromatic heterocycles. The van der Waals surface area contributed by atoms with Gasteiger partial charge in [0.25, 0.3) is 5.91 Å². The number of aryl methyl sites for hydroxylation is 1. The van der Waals surface area contributed by atoms with Crippen molar-refractivity contribution in [2.75, 3.05) is 26.2 Å². The molecule has 1 aromatic carbocycles. The second-order valence-corrected chi connectivity index (χ2v) is 8.37. The van der Waals surface area contributed by atoms with Crippen molar-refractivity contribution < 1.29 is 9.59 Å². The number of benzene rings is 1. The Balaban J connectivity index is 1.50. The summed E-state index contributed by atoms with van der Waals surface area (Å²) in [5, 5.41) is 10.7. The van der Waals surface area contributed by atoms with Gasteiger partial charge in [-0.3, -0.25) is 14.7 Å². The number of hydrogen-bond donors (Lipinski definition) is 4. The monoisotopic (exact) mass is 440 g/mol. The molecule has 0 aliphatic carbocycles. The lowest BCUT2D eigenvalue weighted by Crippen LogP contribution is -2.43. The number of aromatic nitrogens is 1. The zero-order chi connectivity index (χ0) is 23.1. The van der Waals surface area contributed by atoms with Crippen molar-refractivity contribution in [3.63, 3.8) is 0 Å². The Morgan fingerprint density at radius 1 is 1.16 bits per heavy atom. The number of nitrogens with one attached hydrogen (secondary N) is 4. The maximum atomic E-state index is 12.5. The number of hydrogen-bond acceptors (Lipinski definition) is 3. The van der Waals surface area contributed by atoms with Gasteiger partial charge in [-0.1, -0.05) is 32.0 Å². The number of fused-ring (bicyclic) bond motifs is 1. The molecular weight excluding hydrogens is 404 g/mol. The molecule has 1 atom stereocenters. The molecule has 3 amide bonds. The van der Waals surface area contributed by atoms with Gasteiger partial charge in [-0.05, 0) is 50.7 Å². The van der Waals surface area contributed by atoms with E-state index in [0.717, 1.165) is 31.9 Å². The minimum atomic E-state index is -0.781. The topological polar surface area (TPSA) is 102 Å². The van der Waals surface area contributed by atoms with Gasteiger partial charge in [-0.2, -0.15) is 0 Å². The molecule has 0 spiro atoms. The second kappa shape index (κ2) is 10.5. The maximum Gasteiger partial charge on any atom is 0.325 e. The van der Waals surface area contributed by atoms with Gasteiger partial charge >= 0.3 is 6.03 Å². The van der Waals surface area contributed by atoms with Crippen LogP contribution in [0.5, 0.6) is 0 Å². The van der Waals surface area contributed by atoms with Gasteiger partial charge in [-0.25, -0.2) is 4.79 Å². The van der Waals surface area contributed by atoms with Gasteiger partial charge in [-0.15, -0.1) is 0 Å². The van der Waals surface area contributed by atoms with E-state index >= 15 is 0 Å². The number of H-pyrrole nitrogens is 1. The first-order valence-corrected chi connectivity index (χ1v) is 11.7. The highest BCUT2D eigenvalue weighted by molar-refractivity contribution is 6.06. The molecule has 1 unspecified atom stereocenters. The Hall–Kier alpha value is -3.03. The average molecular weight is 441 g/mol. The van der Waals surface area contributed by atoms with Gasteiger partial charge < -0.3 is 20.9 Å². The highest BCUT2D eigenvalue weighted by atomic mass is 16.2. The third-order valence-corrected chi connectivity index (χ3v) is 6.16. The molecule has 0 radical (unpaired) electrons. The molecule has 1 fully saturated rings. The van der Waals surface area contributed by atoms with E-state index in [2.05, 4.69) is 57.2 Å². The molecule has 8 nitrogen and oxygen atoms in total. The van der Waals surface area contributed by atoms with Crippen LogP contribution in [0.4, 0.5) is 4.79 Å². The van der Waals surface area contributed by atoms with E-state index in [-0.39, 0.29) is 11.9 Å². The fourth-order valence-electron chi connectivity index (χ4n) is 4.04. The molecule has 8 heteroatoms. The number of imide groups is 1. The second-order valence-electron chi connectivity index (χ2n) is 8.37. The van der Waals surface area contributed by atoms with E-state index in [9.17, 15) is 9.59 Å². The number of guanidine groups is 1. The Morgan fingerprint density at radius 3 is 2.66 bits per heavy atom. The molecular formula is C24H36N6O2. The van der Waals surface area contributed by atoms with E-state index in [1.807, 2.05) is 13.8 Å². The minimum Gasteiger partial charge on any atom is -0.361 e. The number of aliphatic imine (C=N–C) groups is 1. The standard InChI is InChI=1S/C24H36N6O2/c1-5-17-10-8-11-19-18(16-28-20(17)19)12-14-27-22(25-7-3)26-13-9-15-30-21(31)24(4,6-2)29-23(30)32/h8,10-11,16,28H,5-7,9,12-15H2,1-4H3,(H,29,32)(H2,25,26,27). The van der Waals surface area contributed by atoms with Crippen LogP contribution < -0.4 is 16.0 Å². The summed E-state index contributed by atoms with van der Waals surface area (Å²) in [6.07, 6.45) is 5.19. The summed E-state index contributed by atoms with van der Waals surface area (Å²) in [7, 11) is 0. The van der Waals surface area contributed by atoms with E-state index in [4.69, 9.17) is 0 Å². The maximum absolute atomic E-state index is 12.5. The van der Waals surface area contributed by atoms with Crippen LogP contribution in [0, 0.1) is 0 Å². The normalized spacial score (nSPS) is 19.0. The quantitative estimate of drug-likeness (QED) is 0.197. The summed E-state index contributed by atoms with van der Waals surface area (Å²) in [5.41, 5.74) is 3.07. The molecule has 1 saturated heterocycles. The number of rotatable bonds is 10. The van der Waals surface area contributed by atoms with Crippen molar-refractivity contribution in [2.24, 2.45) is 4.99 Å². The molecule has 2 aromatic rings. The molecule has 2 heterocycles. The van der Waals surface area contributed by atoms with Crippen LogP contribution in [-0.2, 0) is 17.6 Å². The predicted octanol–water partition coefficient (Wildman–Crippen LogP) is 2.94. The lowest BCUT2D eigenvalue weighted by Gasteiger charge is -2.19. The number of carbonyl (C=O) groups is 2. The SMILES string of the molecule is CCNC(=NCCCN1C(=O)NC(C)(CC)C1=O)NCCc1c[nH]c2c(CC)cccc12. The van der Waals surface area contributed by atoms with Crippen molar-refractivity contribution in [3.05, 3.63) is 35.5 Å². The Bertz CT molecular complexity index is 982. The summed E-state index contributed by atoms with van der Waals surface area (Å²) < 4.78 is 0. The molecule has 0 saturated carbocycles. The summed E-state index contributed by atoms with van der Waals surface area (Å²) in [6.45, 7) is 10.3. The third kappa shape index (κ3) is 5.06. The van der Waals surface area contributed by atoms with Gasteiger partial charge in [0.1, 0.15) is 5.54 Å². The van der Waals surface area contributed by atoms with Crippen molar-refractivity contribution in [1.29, 1.82) is 0 Å². The molecule has 32 heavy (non-hydrogen) atoms. The number of amides is 3. The largest absolute Gasteiger partial charge is 0.361 e. The van der Waals surface area contributed by atoms with Crippen molar-refractivity contribution >= 4 is 28.8 Å². The highest BCUT2D eigenvalue weighted by Gasteiger charge is 2.45. The predicted molar refractivity (Wildman–Crippen MR) is 129 cm³/mol. The third-order valence-electron chi connectivity index (χ3n) is 6.16. The first-order valence-electron chi connectivity index (χ1n) is 11.7. The van der Waals surface area contributed by atoms with Crippen LogP contribution in [-0.4, -0.2) is 59.5 Å². The van der Waals surface area contributed by atoms with Crippen LogP contribution in [0.25, 0.3) is 10.9 Å². The average Bonchev–Trinajstić information content (AvgIpc) is 3.30. The Labute approximate surface area is 190 Å². The summed E-state index contributed by atoms with van der Waals surface area (Å²) in [5.74, 6) is 0.598. The van der Waals surface area contributed by atoms with Crippen LogP contribution in [0.15, 0.2) is 29.4 Å². The van der Waals surface area contributed by atoms with Crippen molar-refractivity contribution in [2.45, 2.75) is 58.9 Å².